The van der Waals surface area contributed by atoms with Crippen LogP contribution in [0.1, 0.15) is 25.7 Å². The van der Waals surface area contributed by atoms with Crippen LogP contribution in [0.15, 0.2) is 0 Å². The van der Waals surface area contributed by atoms with Crippen LogP contribution in [-0.4, -0.2) is 60.0 Å². The predicted octanol–water partition coefficient (Wildman–Crippen LogP) is 0.647. The molecule has 6 nitrogen and oxygen atoms in total. The zero-order valence-corrected chi connectivity index (χ0v) is 12.2. The molecular formula is C13H21NO5S. The van der Waals surface area contributed by atoms with Crippen molar-refractivity contribution >= 4 is 24.1 Å². The molecule has 2 N–H and O–H groups in total. The van der Waals surface area contributed by atoms with Crippen molar-refractivity contribution in [1.29, 1.82) is 0 Å². The number of ether oxygens (including phenoxy) is 2. The van der Waals surface area contributed by atoms with Crippen molar-refractivity contribution < 1.29 is 24.2 Å². The number of hydrogen-bond donors (Lipinski definition) is 2. The van der Waals surface area contributed by atoms with E-state index < -0.39 is 12.0 Å². The number of carboxylic acid groups (broad SMARTS) is 1. The molecule has 0 aromatic heterocycles. The molecule has 2 heterocycles. The average Bonchev–Trinajstić information content (AvgIpc) is 2.44. The maximum Gasteiger partial charge on any atom is 0.327 e. The fourth-order valence-corrected chi connectivity index (χ4v) is 4.11. The third-order valence-electron chi connectivity index (χ3n) is 3.92. The predicted molar refractivity (Wildman–Crippen MR) is 74.8 cm³/mol. The lowest BCUT2D eigenvalue weighted by molar-refractivity contribution is -0.139. The zero-order valence-electron chi connectivity index (χ0n) is 11.4. The minimum absolute atomic E-state index is 0.0784. The van der Waals surface area contributed by atoms with E-state index in [1.54, 1.807) is 11.8 Å². The van der Waals surface area contributed by atoms with Crippen molar-refractivity contribution in [3.05, 3.63) is 0 Å². The van der Waals surface area contributed by atoms with Crippen molar-refractivity contribution in [3.63, 3.8) is 0 Å². The Bertz CT molecular complexity index is 340. The smallest absolute Gasteiger partial charge is 0.327 e. The van der Waals surface area contributed by atoms with E-state index in [4.69, 9.17) is 14.6 Å². The molecule has 114 valence electrons. The van der Waals surface area contributed by atoms with Crippen molar-refractivity contribution in [2.24, 2.45) is 0 Å². The molecule has 2 saturated heterocycles. The molecule has 2 rings (SSSR count). The first kappa shape index (κ1) is 15.6. The maximum absolute atomic E-state index is 11.0. The minimum Gasteiger partial charge on any atom is -0.480 e. The summed E-state index contributed by atoms with van der Waals surface area (Å²) < 4.78 is 11.3. The monoisotopic (exact) mass is 303 g/mol. The highest BCUT2D eigenvalue weighted by atomic mass is 32.2. The van der Waals surface area contributed by atoms with Crippen LogP contribution in [0.25, 0.3) is 0 Å². The van der Waals surface area contributed by atoms with Gasteiger partial charge in [0.1, 0.15) is 6.04 Å². The van der Waals surface area contributed by atoms with Gasteiger partial charge in [0.2, 0.25) is 6.41 Å². The van der Waals surface area contributed by atoms with Crippen LogP contribution in [-0.2, 0) is 19.1 Å². The molecule has 2 unspecified atom stereocenters. The van der Waals surface area contributed by atoms with Gasteiger partial charge in [-0.05, 0) is 25.7 Å². The number of carbonyl (C=O) groups excluding carboxylic acids is 1. The lowest BCUT2D eigenvalue weighted by Crippen LogP contribution is -2.46. The molecule has 0 aromatic carbocycles. The van der Waals surface area contributed by atoms with Crippen molar-refractivity contribution in [1.82, 2.24) is 5.32 Å². The Labute approximate surface area is 122 Å². The highest BCUT2D eigenvalue weighted by Crippen LogP contribution is 2.38. The van der Waals surface area contributed by atoms with Gasteiger partial charge in [0, 0.05) is 30.8 Å². The molecule has 2 aliphatic rings. The quantitative estimate of drug-likeness (QED) is 0.701. The standard InChI is InChI=1S/C13H21NO5S/c15-9-14-11(12(16)17)8-20-10-1-4-19-13(7-10)2-5-18-6-3-13/h9-11H,1-8H2,(H,14,15)(H,16,17). The number of hydrogen-bond acceptors (Lipinski definition) is 5. The average molecular weight is 303 g/mol. The molecule has 2 atom stereocenters. The molecule has 1 amide bonds. The maximum atomic E-state index is 11.0. The summed E-state index contributed by atoms with van der Waals surface area (Å²) in [4.78, 5) is 21.4. The summed E-state index contributed by atoms with van der Waals surface area (Å²) in [5.41, 5.74) is -0.0784. The summed E-state index contributed by atoms with van der Waals surface area (Å²) in [7, 11) is 0. The van der Waals surface area contributed by atoms with Crippen LogP contribution in [0.2, 0.25) is 0 Å². The van der Waals surface area contributed by atoms with Crippen molar-refractivity contribution in [3.8, 4) is 0 Å². The number of carbonyl (C=O) groups is 2. The fourth-order valence-electron chi connectivity index (χ4n) is 2.72. The highest BCUT2D eigenvalue weighted by molar-refractivity contribution is 8.00. The number of carboxylic acids is 1. The molecule has 0 aromatic rings. The summed E-state index contributed by atoms with van der Waals surface area (Å²) in [5.74, 6) is -0.594. The SMILES string of the molecule is O=CNC(CSC1CCOC2(CCOCC2)C1)C(=O)O. The number of aliphatic carboxylic acids is 1. The molecule has 20 heavy (non-hydrogen) atoms. The van der Waals surface area contributed by atoms with Gasteiger partial charge in [-0.15, -0.1) is 0 Å². The Kier molecular flexibility index (Phi) is 5.68. The molecule has 0 saturated carbocycles. The number of thioether (sulfide) groups is 1. The van der Waals surface area contributed by atoms with E-state index in [9.17, 15) is 9.59 Å². The van der Waals surface area contributed by atoms with Gasteiger partial charge in [0.05, 0.1) is 5.60 Å². The van der Waals surface area contributed by atoms with E-state index in [1.165, 1.54) is 0 Å². The van der Waals surface area contributed by atoms with Crippen molar-refractivity contribution in [2.75, 3.05) is 25.6 Å². The second-order valence-electron chi connectivity index (χ2n) is 5.27. The largest absolute Gasteiger partial charge is 0.480 e. The Morgan fingerprint density at radius 1 is 1.45 bits per heavy atom. The zero-order chi connectivity index (χ0) is 14.4. The molecule has 1 spiro atoms. The van der Waals surface area contributed by atoms with E-state index >= 15 is 0 Å². The molecule has 0 bridgehead atoms. The summed E-state index contributed by atoms with van der Waals surface area (Å²) in [5, 5.41) is 11.7. The summed E-state index contributed by atoms with van der Waals surface area (Å²) in [6.45, 7) is 2.19. The van der Waals surface area contributed by atoms with Gasteiger partial charge in [0.15, 0.2) is 0 Å². The van der Waals surface area contributed by atoms with Gasteiger partial charge >= 0.3 is 5.97 Å². The van der Waals surface area contributed by atoms with Crippen LogP contribution >= 0.6 is 11.8 Å². The van der Waals surface area contributed by atoms with Crippen molar-refractivity contribution in [2.45, 2.75) is 42.6 Å². The van der Waals surface area contributed by atoms with Crippen LogP contribution in [0, 0.1) is 0 Å². The fraction of sp³-hybridized carbons (Fsp3) is 0.846. The second-order valence-corrected chi connectivity index (χ2v) is 6.60. The molecule has 0 aliphatic carbocycles. The number of rotatable bonds is 6. The highest BCUT2D eigenvalue weighted by Gasteiger charge is 2.39. The Hall–Kier alpha value is -0.790. The van der Waals surface area contributed by atoms with Gasteiger partial charge < -0.3 is 19.9 Å². The first-order valence-corrected chi connectivity index (χ1v) is 7.96. The normalized spacial score (nSPS) is 26.9. The van der Waals surface area contributed by atoms with Crippen LogP contribution in [0.5, 0.6) is 0 Å². The number of nitrogens with one attached hydrogen (secondary N) is 1. The summed E-state index contributed by atoms with van der Waals surface area (Å²) in [6.07, 6.45) is 4.15. The summed E-state index contributed by atoms with van der Waals surface area (Å²) >= 11 is 1.62. The lowest BCUT2D eigenvalue weighted by atomic mass is 9.86. The van der Waals surface area contributed by atoms with E-state index in [0.29, 0.717) is 17.4 Å². The van der Waals surface area contributed by atoms with Crippen LogP contribution in [0.3, 0.4) is 0 Å². The van der Waals surface area contributed by atoms with Crippen LogP contribution in [0.4, 0.5) is 0 Å². The van der Waals surface area contributed by atoms with E-state index in [0.717, 1.165) is 45.5 Å². The molecule has 2 aliphatic heterocycles. The summed E-state index contributed by atoms with van der Waals surface area (Å²) in [6, 6.07) is -0.814. The van der Waals surface area contributed by atoms with E-state index in [-0.39, 0.29) is 5.60 Å². The van der Waals surface area contributed by atoms with Gasteiger partial charge in [-0.1, -0.05) is 0 Å². The van der Waals surface area contributed by atoms with E-state index in [1.807, 2.05) is 0 Å². The number of amides is 1. The first-order valence-electron chi connectivity index (χ1n) is 6.91. The molecular weight excluding hydrogens is 282 g/mol. The topological polar surface area (TPSA) is 84.9 Å². The van der Waals surface area contributed by atoms with Gasteiger partial charge in [-0.2, -0.15) is 11.8 Å². The van der Waals surface area contributed by atoms with Gasteiger partial charge in [-0.3, -0.25) is 4.79 Å². The first-order chi connectivity index (χ1) is 9.65. The Balaban J connectivity index is 1.83. The minimum atomic E-state index is -0.988. The molecule has 0 radical (unpaired) electrons. The molecule has 2 fully saturated rings. The second kappa shape index (κ2) is 7.28. The third kappa shape index (κ3) is 4.10. The van der Waals surface area contributed by atoms with Gasteiger partial charge in [-0.25, -0.2) is 4.79 Å². The van der Waals surface area contributed by atoms with Crippen LogP contribution < -0.4 is 5.32 Å². The van der Waals surface area contributed by atoms with E-state index in [2.05, 4.69) is 5.32 Å². The van der Waals surface area contributed by atoms with Gasteiger partial charge in [0.25, 0.3) is 0 Å². The Morgan fingerprint density at radius 2 is 2.20 bits per heavy atom. The molecule has 7 heteroatoms. The lowest BCUT2D eigenvalue weighted by Gasteiger charge is -2.43. The Morgan fingerprint density at radius 3 is 2.85 bits per heavy atom. The third-order valence-corrected chi connectivity index (χ3v) is 5.32.